The summed E-state index contributed by atoms with van der Waals surface area (Å²) in [5.74, 6) is 0.125. The number of hydrogen-bond donors (Lipinski definition) is 1. The molecule has 2 amide bonds. The molecule has 0 spiro atoms. The summed E-state index contributed by atoms with van der Waals surface area (Å²) in [7, 11) is 3.09. The van der Waals surface area contributed by atoms with Gasteiger partial charge in [0.2, 0.25) is 11.8 Å². The number of nitrogens with one attached hydrogen (secondary N) is 1. The van der Waals surface area contributed by atoms with E-state index in [1.807, 2.05) is 0 Å². The number of carbonyl (C=O) groups is 2. The van der Waals surface area contributed by atoms with Crippen LogP contribution in [0.1, 0.15) is 13.3 Å². The molecule has 0 aliphatic carbocycles. The van der Waals surface area contributed by atoms with E-state index in [1.165, 1.54) is 12.0 Å². The zero-order chi connectivity index (χ0) is 14.4. The molecule has 0 unspecified atom stereocenters. The van der Waals surface area contributed by atoms with Crippen molar-refractivity contribution in [3.05, 3.63) is 23.2 Å². The Morgan fingerprint density at radius 1 is 1.42 bits per heavy atom. The van der Waals surface area contributed by atoms with Gasteiger partial charge >= 0.3 is 0 Å². The lowest BCUT2D eigenvalue weighted by molar-refractivity contribution is -0.133. The summed E-state index contributed by atoms with van der Waals surface area (Å²) in [6, 6.07) is 4.93. The Balaban J connectivity index is 2.71. The molecule has 1 N–H and O–H groups in total. The van der Waals surface area contributed by atoms with Gasteiger partial charge in [-0.25, -0.2) is 0 Å². The van der Waals surface area contributed by atoms with Gasteiger partial charge in [0.05, 0.1) is 19.3 Å². The van der Waals surface area contributed by atoms with Crippen LogP contribution in [0.3, 0.4) is 0 Å². The van der Waals surface area contributed by atoms with E-state index in [0.717, 1.165) is 0 Å². The van der Waals surface area contributed by atoms with E-state index in [4.69, 9.17) is 16.3 Å². The molecule has 0 heterocycles. The summed E-state index contributed by atoms with van der Waals surface area (Å²) < 4.78 is 5.12. The highest BCUT2D eigenvalue weighted by Crippen LogP contribution is 2.27. The third-order valence-electron chi connectivity index (χ3n) is 2.54. The van der Waals surface area contributed by atoms with Crippen LogP contribution in [0.2, 0.25) is 5.02 Å². The summed E-state index contributed by atoms with van der Waals surface area (Å²) in [6.07, 6.45) is 0.365. The van der Waals surface area contributed by atoms with E-state index in [9.17, 15) is 9.59 Å². The summed E-state index contributed by atoms with van der Waals surface area (Å²) in [6.45, 7) is 1.74. The molecule has 0 saturated carbocycles. The Bertz CT molecular complexity index is 477. The van der Waals surface area contributed by atoms with E-state index in [1.54, 1.807) is 32.2 Å². The lowest BCUT2D eigenvalue weighted by Gasteiger charge is -2.16. The number of hydrogen-bond acceptors (Lipinski definition) is 3. The number of halogens is 1. The second-order valence-electron chi connectivity index (χ2n) is 4.00. The van der Waals surface area contributed by atoms with Crippen LogP contribution >= 0.6 is 11.6 Å². The van der Waals surface area contributed by atoms with Crippen molar-refractivity contribution in [2.75, 3.05) is 26.0 Å². The van der Waals surface area contributed by atoms with Gasteiger partial charge in [0, 0.05) is 18.5 Å². The number of ether oxygens (including phenoxy) is 1. The largest absolute Gasteiger partial charge is 0.495 e. The summed E-state index contributed by atoms with van der Waals surface area (Å²) >= 11 is 5.86. The summed E-state index contributed by atoms with van der Waals surface area (Å²) in [5, 5.41) is 3.16. The molecule has 0 saturated heterocycles. The van der Waals surface area contributed by atoms with Gasteiger partial charge in [0.15, 0.2) is 0 Å². The Kier molecular flexibility index (Phi) is 5.63. The van der Waals surface area contributed by atoms with Gasteiger partial charge in [-0.3, -0.25) is 9.59 Å². The molecule has 0 atom stereocenters. The number of anilines is 1. The maximum Gasteiger partial charge on any atom is 0.244 e. The second-order valence-corrected chi connectivity index (χ2v) is 4.43. The van der Waals surface area contributed by atoms with E-state index < -0.39 is 0 Å². The first-order valence-electron chi connectivity index (χ1n) is 5.85. The third kappa shape index (κ3) is 4.44. The van der Waals surface area contributed by atoms with E-state index in [2.05, 4.69) is 5.32 Å². The van der Waals surface area contributed by atoms with Crippen molar-refractivity contribution in [1.82, 2.24) is 4.90 Å². The quantitative estimate of drug-likeness (QED) is 0.901. The average molecular weight is 285 g/mol. The number of amides is 2. The maximum absolute atomic E-state index is 11.8. The van der Waals surface area contributed by atoms with Crippen LogP contribution in [-0.4, -0.2) is 37.4 Å². The smallest absolute Gasteiger partial charge is 0.244 e. The molecule has 1 aromatic rings. The topological polar surface area (TPSA) is 58.6 Å². The molecule has 0 bridgehead atoms. The number of nitrogens with zero attached hydrogens (tertiary/aromatic N) is 1. The first kappa shape index (κ1) is 15.3. The van der Waals surface area contributed by atoms with Crippen molar-refractivity contribution in [2.45, 2.75) is 13.3 Å². The molecule has 0 aliphatic rings. The van der Waals surface area contributed by atoms with Crippen molar-refractivity contribution in [2.24, 2.45) is 0 Å². The first-order chi connectivity index (χ1) is 8.97. The minimum atomic E-state index is -0.301. The van der Waals surface area contributed by atoms with Gasteiger partial charge in [0.25, 0.3) is 0 Å². The molecule has 5 nitrogen and oxygen atoms in total. The van der Waals surface area contributed by atoms with Gasteiger partial charge in [-0.1, -0.05) is 18.5 Å². The van der Waals surface area contributed by atoms with Crippen molar-refractivity contribution in [3.63, 3.8) is 0 Å². The molecule has 1 rings (SSSR count). The zero-order valence-corrected chi connectivity index (χ0v) is 12.0. The number of likely N-dealkylation sites (N-methyl/N-ethyl adjacent to an activating group) is 1. The Morgan fingerprint density at radius 2 is 2.11 bits per heavy atom. The van der Waals surface area contributed by atoms with Crippen LogP contribution in [-0.2, 0) is 9.59 Å². The fraction of sp³-hybridized carbons (Fsp3) is 0.385. The lowest BCUT2D eigenvalue weighted by Crippen LogP contribution is -2.34. The number of benzene rings is 1. The lowest BCUT2D eigenvalue weighted by atomic mass is 10.3. The van der Waals surface area contributed by atoms with Crippen LogP contribution in [0, 0.1) is 0 Å². The van der Waals surface area contributed by atoms with Crippen LogP contribution in [0.25, 0.3) is 0 Å². The highest BCUT2D eigenvalue weighted by molar-refractivity contribution is 6.31. The van der Waals surface area contributed by atoms with Crippen molar-refractivity contribution in [3.8, 4) is 5.75 Å². The Labute approximate surface area is 117 Å². The molecule has 0 fully saturated rings. The normalized spacial score (nSPS) is 9.89. The first-order valence-corrected chi connectivity index (χ1v) is 6.23. The molecule has 1 aromatic carbocycles. The standard InChI is InChI=1S/C13H17ClN2O3/c1-4-13(18)16(2)8-12(17)15-10-7-9(14)5-6-11(10)19-3/h5-7H,4,8H2,1-3H3,(H,15,17). The molecular weight excluding hydrogens is 268 g/mol. The van der Waals surface area contributed by atoms with Gasteiger partial charge in [-0.15, -0.1) is 0 Å². The highest BCUT2D eigenvalue weighted by Gasteiger charge is 2.13. The Hall–Kier alpha value is -1.75. The predicted octanol–water partition coefficient (Wildman–Crippen LogP) is 2.16. The van der Waals surface area contributed by atoms with E-state index >= 15 is 0 Å². The minimum Gasteiger partial charge on any atom is -0.495 e. The molecule has 104 valence electrons. The third-order valence-corrected chi connectivity index (χ3v) is 2.78. The average Bonchev–Trinajstić information content (AvgIpc) is 2.37. The molecular formula is C13H17ClN2O3. The fourth-order valence-corrected chi connectivity index (χ4v) is 1.71. The van der Waals surface area contributed by atoms with Gasteiger partial charge < -0.3 is 15.0 Å². The molecule has 19 heavy (non-hydrogen) atoms. The number of rotatable bonds is 5. The van der Waals surface area contributed by atoms with E-state index in [-0.39, 0.29) is 18.4 Å². The minimum absolute atomic E-state index is 0.0116. The van der Waals surface area contributed by atoms with Crippen LogP contribution in [0.5, 0.6) is 5.75 Å². The Morgan fingerprint density at radius 3 is 2.68 bits per heavy atom. The monoisotopic (exact) mass is 284 g/mol. The van der Waals surface area contributed by atoms with Gasteiger partial charge in [0.1, 0.15) is 5.75 Å². The predicted molar refractivity (Wildman–Crippen MR) is 74.6 cm³/mol. The van der Waals surface area contributed by atoms with Crippen molar-refractivity contribution >= 4 is 29.1 Å². The van der Waals surface area contributed by atoms with Crippen LogP contribution in [0.4, 0.5) is 5.69 Å². The highest BCUT2D eigenvalue weighted by atomic mass is 35.5. The number of methoxy groups -OCH3 is 1. The van der Waals surface area contributed by atoms with Crippen LogP contribution in [0.15, 0.2) is 18.2 Å². The number of carbonyl (C=O) groups excluding carboxylic acids is 2. The molecule has 0 aromatic heterocycles. The van der Waals surface area contributed by atoms with Gasteiger partial charge in [-0.2, -0.15) is 0 Å². The van der Waals surface area contributed by atoms with E-state index in [0.29, 0.717) is 22.9 Å². The van der Waals surface area contributed by atoms with Crippen LogP contribution < -0.4 is 10.1 Å². The van der Waals surface area contributed by atoms with Gasteiger partial charge in [-0.05, 0) is 18.2 Å². The van der Waals surface area contributed by atoms with Crippen molar-refractivity contribution < 1.29 is 14.3 Å². The second kappa shape index (κ2) is 6.99. The fourth-order valence-electron chi connectivity index (χ4n) is 1.54. The van der Waals surface area contributed by atoms with Crippen molar-refractivity contribution in [1.29, 1.82) is 0 Å². The molecule has 6 heteroatoms. The molecule has 0 aliphatic heterocycles. The molecule has 0 radical (unpaired) electrons. The SMILES string of the molecule is CCC(=O)N(C)CC(=O)Nc1cc(Cl)ccc1OC. The zero-order valence-electron chi connectivity index (χ0n) is 11.2. The summed E-state index contributed by atoms with van der Waals surface area (Å²) in [4.78, 5) is 24.6. The summed E-state index contributed by atoms with van der Waals surface area (Å²) in [5.41, 5.74) is 0.484. The maximum atomic E-state index is 11.8.